The van der Waals surface area contributed by atoms with Gasteiger partial charge in [0.15, 0.2) is 0 Å². The van der Waals surface area contributed by atoms with E-state index in [0.717, 1.165) is 5.92 Å². The molecule has 1 heteroatoms. The van der Waals surface area contributed by atoms with Gasteiger partial charge in [0.2, 0.25) is 0 Å². The summed E-state index contributed by atoms with van der Waals surface area (Å²) < 4.78 is 0. The highest BCUT2D eigenvalue weighted by Crippen LogP contribution is 2.30. The fourth-order valence-corrected chi connectivity index (χ4v) is 2.32. The van der Waals surface area contributed by atoms with Crippen molar-refractivity contribution in [2.24, 2.45) is 0 Å². The molecule has 0 saturated carbocycles. The Morgan fingerprint density at radius 3 is 2.50 bits per heavy atom. The second-order valence-corrected chi connectivity index (χ2v) is 4.35. The van der Waals surface area contributed by atoms with E-state index in [9.17, 15) is 0 Å². The van der Waals surface area contributed by atoms with E-state index in [1.165, 1.54) is 31.2 Å². The molecule has 3 N–H and O–H groups in total. The minimum atomic E-state index is 0. The lowest BCUT2D eigenvalue weighted by Gasteiger charge is -2.12. The van der Waals surface area contributed by atoms with Crippen molar-refractivity contribution in [2.75, 3.05) is 0 Å². The van der Waals surface area contributed by atoms with Gasteiger partial charge in [-0.3, -0.25) is 0 Å². The van der Waals surface area contributed by atoms with E-state index in [4.69, 9.17) is 0 Å². The number of hydrogen-bond donors (Lipinski definition) is 1. The summed E-state index contributed by atoms with van der Waals surface area (Å²) in [5.41, 5.74) is 4.61. The molecule has 1 unspecified atom stereocenters. The number of benzene rings is 1. The molecule has 2 rings (SSSR count). The summed E-state index contributed by atoms with van der Waals surface area (Å²) in [6.45, 7) is 8.56. The highest BCUT2D eigenvalue weighted by atomic mass is 14.2. The average Bonchev–Trinajstić information content (AvgIpc) is 2.44. The first-order valence-corrected chi connectivity index (χ1v) is 6.37. The fraction of sp³-hybridized carbons (Fsp3) is 0.600. The van der Waals surface area contributed by atoms with E-state index in [2.05, 4.69) is 32.0 Å². The van der Waals surface area contributed by atoms with Gasteiger partial charge in [-0.15, -0.1) is 0 Å². The fourth-order valence-electron chi connectivity index (χ4n) is 2.32. The van der Waals surface area contributed by atoms with Gasteiger partial charge in [0.1, 0.15) is 0 Å². The predicted octanol–water partition coefficient (Wildman–Crippen LogP) is 5.01. The summed E-state index contributed by atoms with van der Waals surface area (Å²) in [5.74, 6) is 0.775. The molecule has 16 heavy (non-hydrogen) atoms. The van der Waals surface area contributed by atoms with Crippen molar-refractivity contribution in [3.8, 4) is 0 Å². The van der Waals surface area contributed by atoms with E-state index < -0.39 is 0 Å². The van der Waals surface area contributed by atoms with Gasteiger partial charge >= 0.3 is 0 Å². The van der Waals surface area contributed by atoms with Gasteiger partial charge in [0.25, 0.3) is 0 Å². The third-order valence-corrected chi connectivity index (χ3v) is 3.17. The summed E-state index contributed by atoms with van der Waals surface area (Å²) in [6, 6.07) is 6.95. The van der Waals surface area contributed by atoms with Gasteiger partial charge in [0, 0.05) is 0 Å². The highest BCUT2D eigenvalue weighted by molar-refractivity contribution is 5.34. The van der Waals surface area contributed by atoms with E-state index >= 15 is 0 Å². The topological polar surface area (TPSA) is 35.0 Å². The van der Waals surface area contributed by atoms with Crippen LogP contribution in [-0.2, 0) is 6.42 Å². The van der Waals surface area contributed by atoms with Crippen LogP contribution in [0.3, 0.4) is 0 Å². The molecule has 0 aromatic heterocycles. The quantitative estimate of drug-likeness (QED) is 0.614. The van der Waals surface area contributed by atoms with Crippen molar-refractivity contribution >= 4 is 0 Å². The molecule has 0 spiro atoms. The second-order valence-electron chi connectivity index (χ2n) is 4.35. The Balaban J connectivity index is 0.000000711. The standard InChI is InChI=1S/C13H18.C2H6.H3N/c1-10-7-8-12-6-4-3-5-11(2)13(12)9-10;1-2;/h7-9,11H,3-6H2,1-2H3;1-2H3;1H3. The monoisotopic (exact) mass is 221 g/mol. The van der Waals surface area contributed by atoms with E-state index in [1.54, 1.807) is 11.1 Å². The molecule has 0 radical (unpaired) electrons. The van der Waals surface area contributed by atoms with Gasteiger partial charge < -0.3 is 6.15 Å². The van der Waals surface area contributed by atoms with Gasteiger partial charge in [-0.1, -0.05) is 51.0 Å². The van der Waals surface area contributed by atoms with Crippen LogP contribution in [0, 0.1) is 6.92 Å². The van der Waals surface area contributed by atoms with Crippen molar-refractivity contribution in [1.29, 1.82) is 0 Å². The van der Waals surface area contributed by atoms with Crippen molar-refractivity contribution < 1.29 is 0 Å². The van der Waals surface area contributed by atoms with Gasteiger partial charge in [-0.25, -0.2) is 0 Å². The highest BCUT2D eigenvalue weighted by Gasteiger charge is 2.13. The Bertz CT molecular complexity index is 304. The zero-order valence-electron chi connectivity index (χ0n) is 11.3. The average molecular weight is 221 g/mol. The minimum Gasteiger partial charge on any atom is -0.344 e. The molecule has 92 valence electrons. The largest absolute Gasteiger partial charge is 0.344 e. The predicted molar refractivity (Wildman–Crippen MR) is 73.5 cm³/mol. The molecule has 1 atom stereocenters. The summed E-state index contributed by atoms with van der Waals surface area (Å²) in [7, 11) is 0. The van der Waals surface area contributed by atoms with Gasteiger partial charge in [-0.2, -0.15) is 0 Å². The molecule has 0 saturated heterocycles. The maximum absolute atomic E-state index is 2.38. The lowest BCUT2D eigenvalue weighted by atomic mass is 9.93. The molecule has 1 aliphatic carbocycles. The Hall–Kier alpha value is -0.820. The number of fused-ring (bicyclic) bond motifs is 1. The van der Waals surface area contributed by atoms with Crippen molar-refractivity contribution in [3.05, 3.63) is 34.9 Å². The van der Waals surface area contributed by atoms with Crippen molar-refractivity contribution in [1.82, 2.24) is 6.15 Å². The summed E-state index contributed by atoms with van der Waals surface area (Å²) in [5, 5.41) is 0. The molecule has 0 bridgehead atoms. The zero-order valence-corrected chi connectivity index (χ0v) is 11.3. The molecule has 0 fully saturated rings. The molecule has 0 heterocycles. The molecule has 1 aromatic carbocycles. The molecule has 1 aliphatic rings. The smallest absolute Gasteiger partial charge is 0.0188 e. The zero-order chi connectivity index (χ0) is 11.3. The molecule has 1 nitrogen and oxygen atoms in total. The summed E-state index contributed by atoms with van der Waals surface area (Å²) in [4.78, 5) is 0. The molecular formula is C15H27N. The van der Waals surface area contributed by atoms with Crippen LogP contribution in [0.25, 0.3) is 0 Å². The molecule has 1 aromatic rings. The lowest BCUT2D eigenvalue weighted by molar-refractivity contribution is 0.635. The van der Waals surface area contributed by atoms with Crippen LogP contribution in [0.2, 0.25) is 0 Å². The van der Waals surface area contributed by atoms with Gasteiger partial charge in [-0.05, 0) is 43.2 Å². The van der Waals surface area contributed by atoms with Crippen molar-refractivity contribution in [2.45, 2.75) is 59.3 Å². The Kier molecular flexibility index (Phi) is 7.07. The lowest BCUT2D eigenvalue weighted by Crippen LogP contribution is -1.95. The second kappa shape index (κ2) is 7.45. The third-order valence-electron chi connectivity index (χ3n) is 3.17. The number of hydrogen-bond acceptors (Lipinski definition) is 1. The Morgan fingerprint density at radius 1 is 1.12 bits per heavy atom. The first-order valence-electron chi connectivity index (χ1n) is 6.37. The first kappa shape index (κ1) is 15.2. The molecular weight excluding hydrogens is 194 g/mol. The van der Waals surface area contributed by atoms with Crippen LogP contribution >= 0.6 is 0 Å². The number of rotatable bonds is 0. The van der Waals surface area contributed by atoms with Crippen LogP contribution < -0.4 is 6.15 Å². The van der Waals surface area contributed by atoms with E-state index in [1.807, 2.05) is 13.8 Å². The third kappa shape index (κ3) is 3.64. The normalized spacial score (nSPS) is 18.4. The maximum atomic E-state index is 2.38. The van der Waals surface area contributed by atoms with Crippen LogP contribution in [0.1, 0.15) is 62.6 Å². The maximum Gasteiger partial charge on any atom is -0.0188 e. The number of aryl methyl sites for hydroxylation is 2. The van der Waals surface area contributed by atoms with Crippen LogP contribution in [0.5, 0.6) is 0 Å². The van der Waals surface area contributed by atoms with Crippen LogP contribution in [0.15, 0.2) is 18.2 Å². The van der Waals surface area contributed by atoms with E-state index in [0.29, 0.717) is 0 Å². The Labute approximate surface area is 101 Å². The van der Waals surface area contributed by atoms with E-state index in [-0.39, 0.29) is 6.15 Å². The summed E-state index contributed by atoms with van der Waals surface area (Å²) in [6.07, 6.45) is 5.44. The van der Waals surface area contributed by atoms with Crippen molar-refractivity contribution in [3.63, 3.8) is 0 Å². The van der Waals surface area contributed by atoms with Crippen LogP contribution in [0.4, 0.5) is 0 Å². The van der Waals surface area contributed by atoms with Gasteiger partial charge in [0.05, 0.1) is 0 Å². The summed E-state index contributed by atoms with van der Waals surface area (Å²) >= 11 is 0. The molecule has 0 aliphatic heterocycles. The minimum absolute atomic E-state index is 0. The molecule has 0 amide bonds. The SMILES string of the molecule is CC.Cc1ccc2c(c1)C(C)CCCC2.N. The van der Waals surface area contributed by atoms with Crippen LogP contribution in [-0.4, -0.2) is 0 Å². The first-order chi connectivity index (χ1) is 7.27. The Morgan fingerprint density at radius 2 is 1.81 bits per heavy atom.